The van der Waals surface area contributed by atoms with Gasteiger partial charge in [-0.2, -0.15) is 0 Å². The Bertz CT molecular complexity index is 564. The standard InChI is InChI=1S/C14H18FN3O3/c1-9-2-3-10(7-16)8-17(9)14(19)12-6-11(18(20)21)4-5-13(12)15/h4-6,9-10H,2-3,7-8,16H2,1H3. The number of non-ortho nitro benzene ring substituents is 1. The van der Waals surface area contributed by atoms with Crippen molar-refractivity contribution >= 4 is 11.6 Å². The Labute approximate surface area is 121 Å². The van der Waals surface area contributed by atoms with E-state index in [2.05, 4.69) is 0 Å². The number of nitrogens with two attached hydrogens (primary N) is 1. The number of hydrogen-bond donors (Lipinski definition) is 1. The summed E-state index contributed by atoms with van der Waals surface area (Å²) in [5, 5.41) is 10.8. The first kappa shape index (κ1) is 15.4. The van der Waals surface area contributed by atoms with E-state index in [-0.39, 0.29) is 23.2 Å². The van der Waals surface area contributed by atoms with Crippen LogP contribution < -0.4 is 5.73 Å². The van der Waals surface area contributed by atoms with Crippen LogP contribution in [0.25, 0.3) is 0 Å². The summed E-state index contributed by atoms with van der Waals surface area (Å²) < 4.78 is 13.8. The summed E-state index contributed by atoms with van der Waals surface area (Å²) in [5.74, 6) is -1.07. The van der Waals surface area contributed by atoms with Gasteiger partial charge in [0.1, 0.15) is 5.82 Å². The molecule has 1 aromatic carbocycles. The van der Waals surface area contributed by atoms with Crippen LogP contribution >= 0.6 is 0 Å². The van der Waals surface area contributed by atoms with Gasteiger partial charge in [0.05, 0.1) is 10.5 Å². The van der Waals surface area contributed by atoms with E-state index in [1.54, 1.807) is 4.90 Å². The molecule has 1 aliphatic heterocycles. The zero-order valence-electron chi connectivity index (χ0n) is 11.8. The average molecular weight is 295 g/mol. The zero-order chi connectivity index (χ0) is 15.6. The first-order chi connectivity index (χ1) is 9.93. The molecule has 0 bridgehead atoms. The summed E-state index contributed by atoms with van der Waals surface area (Å²) in [6, 6.07) is 2.98. The molecule has 1 amide bonds. The van der Waals surface area contributed by atoms with Gasteiger partial charge in [-0.05, 0) is 38.3 Å². The lowest BCUT2D eigenvalue weighted by atomic mass is 9.93. The fourth-order valence-corrected chi connectivity index (χ4v) is 2.60. The van der Waals surface area contributed by atoms with Crippen LogP contribution in [0.3, 0.4) is 0 Å². The molecule has 2 atom stereocenters. The summed E-state index contributed by atoms with van der Waals surface area (Å²) in [5.41, 5.74) is 5.09. The van der Waals surface area contributed by atoms with Gasteiger partial charge < -0.3 is 10.6 Å². The van der Waals surface area contributed by atoms with Crippen molar-refractivity contribution in [2.45, 2.75) is 25.8 Å². The summed E-state index contributed by atoms with van der Waals surface area (Å²) in [7, 11) is 0. The monoisotopic (exact) mass is 295 g/mol. The van der Waals surface area contributed by atoms with Crippen molar-refractivity contribution in [3.63, 3.8) is 0 Å². The molecule has 2 rings (SSSR count). The van der Waals surface area contributed by atoms with Crippen LogP contribution in [0, 0.1) is 21.8 Å². The van der Waals surface area contributed by atoms with Gasteiger partial charge in [0, 0.05) is 24.7 Å². The lowest BCUT2D eigenvalue weighted by molar-refractivity contribution is -0.384. The van der Waals surface area contributed by atoms with Crippen molar-refractivity contribution in [3.8, 4) is 0 Å². The number of carbonyl (C=O) groups is 1. The van der Waals surface area contributed by atoms with Crippen LogP contribution in [0.15, 0.2) is 18.2 Å². The number of likely N-dealkylation sites (tertiary alicyclic amines) is 1. The van der Waals surface area contributed by atoms with Gasteiger partial charge in [0.25, 0.3) is 11.6 Å². The lowest BCUT2D eigenvalue weighted by Crippen LogP contribution is -2.47. The van der Waals surface area contributed by atoms with E-state index in [1.165, 1.54) is 0 Å². The molecular formula is C14H18FN3O3. The SMILES string of the molecule is CC1CCC(CN)CN1C(=O)c1cc([N+](=O)[O-])ccc1F. The van der Waals surface area contributed by atoms with E-state index in [0.29, 0.717) is 13.1 Å². The Balaban J connectivity index is 2.30. The van der Waals surface area contributed by atoms with E-state index in [1.807, 2.05) is 6.92 Å². The van der Waals surface area contributed by atoms with E-state index < -0.39 is 16.6 Å². The van der Waals surface area contributed by atoms with Gasteiger partial charge in [0.2, 0.25) is 0 Å². The quantitative estimate of drug-likeness (QED) is 0.681. The minimum absolute atomic E-state index is 0.0287. The number of halogens is 1. The molecule has 0 spiro atoms. The van der Waals surface area contributed by atoms with Gasteiger partial charge in [-0.15, -0.1) is 0 Å². The Morgan fingerprint density at radius 2 is 2.24 bits per heavy atom. The fraction of sp³-hybridized carbons (Fsp3) is 0.500. The third kappa shape index (κ3) is 3.18. The second-order valence-electron chi connectivity index (χ2n) is 5.41. The number of hydrogen-bond acceptors (Lipinski definition) is 4. The highest BCUT2D eigenvalue weighted by atomic mass is 19.1. The van der Waals surface area contributed by atoms with Crippen molar-refractivity contribution in [3.05, 3.63) is 39.7 Å². The smallest absolute Gasteiger partial charge is 0.270 e. The Kier molecular flexibility index (Phi) is 4.52. The van der Waals surface area contributed by atoms with Crippen molar-refractivity contribution in [2.75, 3.05) is 13.1 Å². The Hall–Kier alpha value is -2.02. The van der Waals surface area contributed by atoms with Gasteiger partial charge in [-0.3, -0.25) is 14.9 Å². The molecule has 1 aromatic rings. The first-order valence-corrected chi connectivity index (χ1v) is 6.89. The fourth-order valence-electron chi connectivity index (χ4n) is 2.60. The number of nitro benzene ring substituents is 1. The molecule has 6 nitrogen and oxygen atoms in total. The number of carbonyl (C=O) groups excluding carboxylic acids is 1. The van der Waals surface area contributed by atoms with E-state index in [0.717, 1.165) is 31.0 Å². The Morgan fingerprint density at radius 1 is 1.52 bits per heavy atom. The van der Waals surface area contributed by atoms with Crippen LogP contribution in [0.2, 0.25) is 0 Å². The second kappa shape index (κ2) is 6.17. The maximum atomic E-state index is 13.8. The van der Waals surface area contributed by atoms with Crippen LogP contribution in [-0.4, -0.2) is 34.9 Å². The molecule has 0 radical (unpaired) electrons. The van der Waals surface area contributed by atoms with E-state index in [4.69, 9.17) is 5.73 Å². The molecule has 114 valence electrons. The van der Waals surface area contributed by atoms with Crippen molar-refractivity contribution < 1.29 is 14.1 Å². The average Bonchev–Trinajstić information content (AvgIpc) is 2.47. The van der Waals surface area contributed by atoms with E-state index >= 15 is 0 Å². The molecule has 0 saturated carbocycles. The summed E-state index contributed by atoms with van der Waals surface area (Å²) in [6.45, 7) is 2.81. The minimum Gasteiger partial charge on any atom is -0.336 e. The molecule has 2 N–H and O–H groups in total. The third-order valence-electron chi connectivity index (χ3n) is 3.97. The van der Waals surface area contributed by atoms with E-state index in [9.17, 15) is 19.3 Å². The molecule has 1 fully saturated rings. The van der Waals surface area contributed by atoms with Crippen molar-refractivity contribution in [1.82, 2.24) is 4.90 Å². The summed E-state index contributed by atoms with van der Waals surface area (Å²) in [6.07, 6.45) is 1.73. The molecule has 0 aromatic heterocycles. The highest BCUT2D eigenvalue weighted by Crippen LogP contribution is 2.25. The highest BCUT2D eigenvalue weighted by molar-refractivity contribution is 5.95. The maximum Gasteiger partial charge on any atom is 0.270 e. The molecule has 21 heavy (non-hydrogen) atoms. The second-order valence-corrected chi connectivity index (χ2v) is 5.41. The van der Waals surface area contributed by atoms with Crippen molar-refractivity contribution in [1.29, 1.82) is 0 Å². The number of piperidine rings is 1. The first-order valence-electron chi connectivity index (χ1n) is 6.89. The topological polar surface area (TPSA) is 89.5 Å². The van der Waals surface area contributed by atoms with Crippen LogP contribution in [0.5, 0.6) is 0 Å². The van der Waals surface area contributed by atoms with Crippen molar-refractivity contribution in [2.24, 2.45) is 11.7 Å². The van der Waals surface area contributed by atoms with Gasteiger partial charge >= 0.3 is 0 Å². The zero-order valence-corrected chi connectivity index (χ0v) is 11.8. The lowest BCUT2D eigenvalue weighted by Gasteiger charge is -2.37. The normalized spacial score (nSPS) is 22.1. The molecular weight excluding hydrogens is 277 g/mol. The van der Waals surface area contributed by atoms with Crippen LogP contribution in [0.4, 0.5) is 10.1 Å². The number of benzene rings is 1. The molecule has 2 unspecified atom stereocenters. The van der Waals surface area contributed by atoms with Crippen LogP contribution in [-0.2, 0) is 0 Å². The maximum absolute atomic E-state index is 13.8. The molecule has 0 aliphatic carbocycles. The largest absolute Gasteiger partial charge is 0.336 e. The molecule has 1 aliphatic rings. The van der Waals surface area contributed by atoms with Gasteiger partial charge in [-0.1, -0.05) is 0 Å². The van der Waals surface area contributed by atoms with Crippen LogP contribution in [0.1, 0.15) is 30.1 Å². The number of nitro groups is 1. The predicted octanol–water partition coefficient (Wildman–Crippen LogP) is 1.93. The number of nitrogens with zero attached hydrogens (tertiary/aromatic N) is 2. The number of rotatable bonds is 3. The molecule has 1 saturated heterocycles. The Morgan fingerprint density at radius 3 is 2.86 bits per heavy atom. The van der Waals surface area contributed by atoms with Gasteiger partial charge in [-0.25, -0.2) is 4.39 Å². The summed E-state index contributed by atoms with van der Waals surface area (Å²) >= 11 is 0. The summed E-state index contributed by atoms with van der Waals surface area (Å²) in [4.78, 5) is 24.2. The molecule has 7 heteroatoms. The van der Waals surface area contributed by atoms with Gasteiger partial charge in [0.15, 0.2) is 0 Å². The minimum atomic E-state index is -0.743. The third-order valence-corrected chi connectivity index (χ3v) is 3.97. The highest BCUT2D eigenvalue weighted by Gasteiger charge is 2.31. The molecule has 1 heterocycles. The predicted molar refractivity (Wildman–Crippen MR) is 75.3 cm³/mol. The number of amides is 1.